The molecule has 2 rings (SSSR count). The molecular formula is C15H19F7N2O6S2. The van der Waals surface area contributed by atoms with Gasteiger partial charge in [0.15, 0.2) is 11.6 Å². The van der Waals surface area contributed by atoms with Gasteiger partial charge in [-0.2, -0.15) is 43.2 Å². The highest BCUT2D eigenvalue weighted by Crippen LogP contribution is 2.32. The molecule has 1 aromatic carbocycles. The maximum Gasteiger partial charge on any atom is 0.534 e. The molecule has 0 spiro atoms. The number of hydrogen-bond acceptors (Lipinski definition) is 7. The first-order chi connectivity index (χ1) is 14.4. The molecule has 0 amide bonds. The molecule has 1 fully saturated rings. The second-order valence-electron chi connectivity index (χ2n) is 6.32. The van der Waals surface area contributed by atoms with Crippen molar-refractivity contribution < 1.29 is 56.3 Å². The number of piperazine rings is 1. The maximum atomic E-state index is 14.4. The van der Waals surface area contributed by atoms with Gasteiger partial charge in [0.25, 0.3) is 0 Å². The highest BCUT2D eigenvalue weighted by atomic mass is 32.2. The number of hydrogen-bond donors (Lipinski definition) is 1. The van der Waals surface area contributed by atoms with Gasteiger partial charge in [0.2, 0.25) is 0 Å². The normalized spacial score (nSPS) is 16.3. The summed E-state index contributed by atoms with van der Waals surface area (Å²) in [5.74, 6) is -2.07. The first-order valence-electron chi connectivity index (χ1n) is 8.71. The molecule has 0 aliphatic carbocycles. The number of rotatable bonds is 5. The van der Waals surface area contributed by atoms with E-state index in [1.807, 2.05) is 6.92 Å². The van der Waals surface area contributed by atoms with Crippen LogP contribution in [0, 0.1) is 5.82 Å². The van der Waals surface area contributed by atoms with Crippen molar-refractivity contribution in [3.63, 3.8) is 0 Å². The van der Waals surface area contributed by atoms with Gasteiger partial charge in [-0.25, -0.2) is 4.39 Å². The molecule has 1 N–H and O–H groups in total. The minimum atomic E-state index is -5.90. The zero-order valence-corrected chi connectivity index (χ0v) is 18.0. The van der Waals surface area contributed by atoms with Crippen molar-refractivity contribution in [2.24, 2.45) is 0 Å². The van der Waals surface area contributed by atoms with E-state index in [9.17, 15) is 39.2 Å². The lowest BCUT2D eigenvalue weighted by molar-refractivity contribution is -0.0512. The summed E-state index contributed by atoms with van der Waals surface area (Å²) in [6.07, 6.45) is 0.993. The number of anilines is 1. The van der Waals surface area contributed by atoms with Crippen molar-refractivity contribution >= 4 is 25.9 Å². The van der Waals surface area contributed by atoms with E-state index in [2.05, 4.69) is 9.08 Å². The quantitative estimate of drug-likeness (QED) is 0.274. The first-order valence-corrected chi connectivity index (χ1v) is 11.6. The second kappa shape index (κ2) is 10.4. The predicted molar refractivity (Wildman–Crippen MR) is 98.6 cm³/mol. The van der Waals surface area contributed by atoms with Gasteiger partial charge in [0.1, 0.15) is 0 Å². The standard InChI is InChI=1S/C14H18F4N2O3S.CHF3O3S/c1-2-6-19-7-9-20(10-8-19)11-4-3-5-12(13(11)15)23-24(21,22)14(16,17)18;2-1(3,4)8(5,6)7/h3-5H,2,6-10H2,1H3;(H,5,6,7). The van der Waals surface area contributed by atoms with Gasteiger partial charge >= 0.3 is 31.3 Å². The van der Waals surface area contributed by atoms with E-state index >= 15 is 0 Å². The smallest absolute Gasteiger partial charge is 0.373 e. The summed E-state index contributed by atoms with van der Waals surface area (Å²) in [6, 6.07) is 3.51. The molecule has 0 bridgehead atoms. The average Bonchev–Trinajstić information content (AvgIpc) is 2.62. The van der Waals surface area contributed by atoms with E-state index in [1.165, 1.54) is 12.1 Å². The molecule has 1 aromatic rings. The van der Waals surface area contributed by atoms with Crippen molar-refractivity contribution in [1.29, 1.82) is 0 Å². The highest BCUT2D eigenvalue weighted by molar-refractivity contribution is 7.88. The van der Waals surface area contributed by atoms with Crippen LogP contribution in [0.25, 0.3) is 0 Å². The Bertz CT molecular complexity index is 973. The Morgan fingerprint density at radius 3 is 1.88 bits per heavy atom. The summed E-state index contributed by atoms with van der Waals surface area (Å²) < 4.78 is 135. The molecule has 8 nitrogen and oxygen atoms in total. The first kappa shape index (κ1) is 28.2. The van der Waals surface area contributed by atoms with Gasteiger partial charge in [-0.1, -0.05) is 13.0 Å². The van der Waals surface area contributed by atoms with Crippen LogP contribution in [0.1, 0.15) is 13.3 Å². The topological polar surface area (TPSA) is 104 Å². The molecule has 0 saturated carbocycles. The Kier molecular flexibility index (Phi) is 9.15. The van der Waals surface area contributed by atoms with Gasteiger partial charge in [0.05, 0.1) is 5.69 Å². The summed E-state index contributed by atoms with van der Waals surface area (Å²) in [5.41, 5.74) is -11.1. The lowest BCUT2D eigenvalue weighted by Crippen LogP contribution is -2.46. The highest BCUT2D eigenvalue weighted by Gasteiger charge is 2.49. The summed E-state index contributed by atoms with van der Waals surface area (Å²) >= 11 is 0. The molecule has 0 unspecified atom stereocenters. The fourth-order valence-electron chi connectivity index (χ4n) is 2.50. The summed E-state index contributed by atoms with van der Waals surface area (Å²) in [5, 5.41) is 0. The van der Waals surface area contributed by atoms with Crippen LogP contribution in [-0.2, 0) is 20.2 Å². The number of benzene rings is 1. The number of halogens is 7. The minimum Gasteiger partial charge on any atom is -0.373 e. The molecular weight excluding hydrogens is 501 g/mol. The fraction of sp³-hybridized carbons (Fsp3) is 0.600. The van der Waals surface area contributed by atoms with Crippen molar-refractivity contribution in [1.82, 2.24) is 4.90 Å². The van der Waals surface area contributed by atoms with Crippen LogP contribution in [-0.4, -0.2) is 70.0 Å². The van der Waals surface area contributed by atoms with E-state index in [0.29, 0.717) is 26.2 Å². The van der Waals surface area contributed by atoms with Crippen molar-refractivity contribution in [2.45, 2.75) is 24.4 Å². The minimum absolute atomic E-state index is 0.0287. The number of nitrogens with zero attached hydrogens (tertiary/aromatic N) is 2. The SMILES string of the molecule is CCCN1CCN(c2cccc(OS(=O)(=O)C(F)(F)F)c2F)CC1.O=S(=O)(O)C(F)(F)F. The van der Waals surface area contributed by atoms with Gasteiger partial charge in [-0.3, -0.25) is 9.45 Å². The van der Waals surface area contributed by atoms with Gasteiger partial charge in [0, 0.05) is 26.2 Å². The van der Waals surface area contributed by atoms with Crippen LogP contribution >= 0.6 is 0 Å². The summed E-state index contributed by atoms with van der Waals surface area (Å²) in [7, 11) is -11.7. The van der Waals surface area contributed by atoms with Crippen LogP contribution in [0.2, 0.25) is 0 Å². The molecule has 1 saturated heterocycles. The molecule has 186 valence electrons. The Morgan fingerprint density at radius 1 is 0.969 bits per heavy atom. The molecule has 17 heteroatoms. The zero-order chi connectivity index (χ0) is 25.0. The average molecular weight is 520 g/mol. The zero-order valence-electron chi connectivity index (χ0n) is 16.3. The molecule has 32 heavy (non-hydrogen) atoms. The van der Waals surface area contributed by atoms with Gasteiger partial charge in [-0.15, -0.1) is 0 Å². The van der Waals surface area contributed by atoms with E-state index in [1.54, 1.807) is 4.90 Å². The lowest BCUT2D eigenvalue weighted by atomic mass is 10.2. The van der Waals surface area contributed by atoms with E-state index in [-0.39, 0.29) is 5.69 Å². The Balaban J connectivity index is 0.000000547. The predicted octanol–water partition coefficient (Wildman–Crippen LogP) is 2.98. The third-order valence-corrected chi connectivity index (χ3v) is 5.52. The van der Waals surface area contributed by atoms with Crippen molar-refractivity contribution in [3.05, 3.63) is 24.0 Å². The second-order valence-corrected chi connectivity index (χ2v) is 9.27. The van der Waals surface area contributed by atoms with E-state index in [4.69, 9.17) is 13.0 Å². The molecule has 1 heterocycles. The van der Waals surface area contributed by atoms with Gasteiger partial charge in [-0.05, 0) is 25.1 Å². The van der Waals surface area contributed by atoms with Crippen molar-refractivity contribution in [2.75, 3.05) is 37.6 Å². The monoisotopic (exact) mass is 520 g/mol. The molecule has 0 aromatic heterocycles. The number of alkyl halides is 6. The van der Waals surface area contributed by atoms with E-state index < -0.39 is 42.8 Å². The third kappa shape index (κ3) is 7.63. The largest absolute Gasteiger partial charge is 0.534 e. The fourth-order valence-corrected chi connectivity index (χ4v) is 2.96. The van der Waals surface area contributed by atoms with Crippen LogP contribution in [0.15, 0.2) is 18.2 Å². The Hall–Kier alpha value is -1.85. The van der Waals surface area contributed by atoms with Crippen LogP contribution in [0.4, 0.5) is 36.4 Å². The van der Waals surface area contributed by atoms with Crippen LogP contribution in [0.5, 0.6) is 5.75 Å². The maximum absolute atomic E-state index is 14.4. The molecule has 1 aliphatic heterocycles. The third-order valence-electron chi connectivity index (χ3n) is 3.97. The van der Waals surface area contributed by atoms with Gasteiger partial charge < -0.3 is 9.08 Å². The molecule has 0 radical (unpaired) electrons. The molecule has 1 aliphatic rings. The Morgan fingerprint density at radius 2 is 1.47 bits per heavy atom. The summed E-state index contributed by atoms with van der Waals surface area (Å²) in [6.45, 7) is 5.34. The van der Waals surface area contributed by atoms with E-state index in [0.717, 1.165) is 19.0 Å². The van der Waals surface area contributed by atoms with Crippen LogP contribution < -0.4 is 9.08 Å². The lowest BCUT2D eigenvalue weighted by Gasteiger charge is -2.36. The van der Waals surface area contributed by atoms with Crippen molar-refractivity contribution in [3.8, 4) is 5.75 Å². The van der Waals surface area contributed by atoms with Crippen LogP contribution in [0.3, 0.4) is 0 Å². The molecule has 0 atom stereocenters. The Labute approximate surface area is 179 Å². The summed E-state index contributed by atoms with van der Waals surface area (Å²) in [4.78, 5) is 3.86.